The number of unbranched alkanes of at least 4 members (excludes halogenated alkanes) is 4. The molecule has 174 valence electrons. The van der Waals surface area contributed by atoms with Crippen LogP contribution in [0.15, 0.2) is 89.4 Å². The Hall–Kier alpha value is -3.20. The topological polar surface area (TPSA) is 31.6 Å². The van der Waals surface area contributed by atoms with E-state index in [1.165, 1.54) is 25.7 Å². The molecule has 2 aromatic carbocycles. The molecule has 0 spiro atoms. The van der Waals surface area contributed by atoms with Crippen molar-refractivity contribution in [3.63, 3.8) is 0 Å². The predicted octanol–water partition coefficient (Wildman–Crippen LogP) is 8.86. The molecule has 0 aliphatic heterocycles. The molecule has 0 saturated heterocycles. The summed E-state index contributed by atoms with van der Waals surface area (Å²) in [5.74, 6) is 3.41. The van der Waals surface area contributed by atoms with E-state index in [9.17, 15) is 0 Å². The van der Waals surface area contributed by atoms with Crippen LogP contribution in [0.3, 0.4) is 0 Å². The number of benzene rings is 2. The minimum atomic E-state index is 0.600. The zero-order valence-corrected chi connectivity index (χ0v) is 20.0. The molecule has 3 aromatic rings. The van der Waals surface area contributed by atoms with Gasteiger partial charge in [0.2, 0.25) is 0 Å². The van der Waals surface area contributed by atoms with Gasteiger partial charge in [-0.25, -0.2) is 0 Å². The molecule has 0 amide bonds. The highest BCUT2D eigenvalue weighted by Crippen LogP contribution is 2.30. The summed E-state index contributed by atoms with van der Waals surface area (Å²) in [6.45, 7) is 5.61. The number of furan rings is 1. The van der Waals surface area contributed by atoms with E-state index in [0.29, 0.717) is 13.2 Å². The fraction of sp³-hybridized carbons (Fsp3) is 0.333. The van der Waals surface area contributed by atoms with Crippen LogP contribution in [0.1, 0.15) is 52.4 Å². The standard InChI is InChI=1S/C30H36O3/c1-3-5-7-9-11-23-31-27-17-13-25(14-18-27)29-21-22-30(33-29)26-15-19-28(20-16-26)32-24-12-10-8-6-4-2/h9-22H,3-8,23-24H2,1-2H3. The maximum atomic E-state index is 6.10. The highest BCUT2D eigenvalue weighted by atomic mass is 16.5. The van der Waals surface area contributed by atoms with Gasteiger partial charge in [0.25, 0.3) is 0 Å². The van der Waals surface area contributed by atoms with Crippen LogP contribution in [-0.2, 0) is 0 Å². The van der Waals surface area contributed by atoms with Crippen LogP contribution in [0.2, 0.25) is 0 Å². The van der Waals surface area contributed by atoms with Crippen molar-refractivity contribution < 1.29 is 13.9 Å². The average molecular weight is 445 g/mol. The number of ether oxygens (including phenoxy) is 2. The van der Waals surface area contributed by atoms with Crippen LogP contribution < -0.4 is 9.47 Å². The van der Waals surface area contributed by atoms with E-state index in [-0.39, 0.29) is 0 Å². The third-order valence-electron chi connectivity index (χ3n) is 5.36. The molecule has 0 radical (unpaired) electrons. The SMILES string of the molecule is CCCCC=CCOc1ccc(-c2ccc(-c3ccc(OCC=CCCCC)cc3)o2)cc1. The Morgan fingerprint density at radius 2 is 1.00 bits per heavy atom. The molecule has 0 unspecified atom stereocenters. The summed E-state index contributed by atoms with van der Waals surface area (Å²) in [7, 11) is 0. The van der Waals surface area contributed by atoms with Crippen LogP contribution in [0, 0.1) is 0 Å². The number of rotatable bonds is 14. The molecular formula is C30H36O3. The highest BCUT2D eigenvalue weighted by molar-refractivity contribution is 5.65. The summed E-state index contributed by atoms with van der Waals surface area (Å²) < 4.78 is 17.7. The number of hydrogen-bond donors (Lipinski definition) is 0. The minimum Gasteiger partial charge on any atom is -0.490 e. The lowest BCUT2D eigenvalue weighted by Crippen LogP contribution is -1.93. The van der Waals surface area contributed by atoms with Gasteiger partial charge in [-0.2, -0.15) is 0 Å². The summed E-state index contributed by atoms with van der Waals surface area (Å²) >= 11 is 0. The molecular weight excluding hydrogens is 408 g/mol. The lowest BCUT2D eigenvalue weighted by atomic mass is 10.1. The number of hydrogen-bond acceptors (Lipinski definition) is 3. The van der Waals surface area contributed by atoms with Gasteiger partial charge in [0.05, 0.1) is 0 Å². The Labute approximate surface area is 198 Å². The van der Waals surface area contributed by atoms with Gasteiger partial charge in [0, 0.05) is 11.1 Å². The van der Waals surface area contributed by atoms with E-state index >= 15 is 0 Å². The maximum absolute atomic E-state index is 6.10. The zero-order valence-electron chi connectivity index (χ0n) is 20.0. The zero-order chi connectivity index (χ0) is 23.1. The van der Waals surface area contributed by atoms with Crippen LogP contribution in [0.25, 0.3) is 22.6 Å². The molecule has 0 saturated carbocycles. The Bertz CT molecular complexity index is 898. The van der Waals surface area contributed by atoms with Gasteiger partial charge in [-0.1, -0.05) is 63.8 Å². The first-order valence-corrected chi connectivity index (χ1v) is 12.2. The van der Waals surface area contributed by atoms with Gasteiger partial charge in [-0.05, 0) is 73.5 Å². The van der Waals surface area contributed by atoms with E-state index in [0.717, 1.165) is 47.0 Å². The van der Waals surface area contributed by atoms with Crippen molar-refractivity contribution in [3.8, 4) is 34.1 Å². The first-order chi connectivity index (χ1) is 16.3. The molecule has 1 aromatic heterocycles. The molecule has 0 atom stereocenters. The molecule has 0 aliphatic rings. The maximum Gasteiger partial charge on any atom is 0.134 e. The quantitative estimate of drug-likeness (QED) is 0.184. The Kier molecular flexibility index (Phi) is 10.4. The second-order valence-electron chi connectivity index (χ2n) is 8.06. The van der Waals surface area contributed by atoms with E-state index in [1.807, 2.05) is 60.7 Å². The van der Waals surface area contributed by atoms with Crippen molar-refractivity contribution in [3.05, 3.63) is 85.0 Å². The Balaban J connectivity index is 1.51. The third kappa shape index (κ3) is 8.34. The second kappa shape index (κ2) is 14.1. The van der Waals surface area contributed by atoms with Crippen molar-refractivity contribution >= 4 is 0 Å². The van der Waals surface area contributed by atoms with Gasteiger partial charge < -0.3 is 13.9 Å². The Morgan fingerprint density at radius 1 is 0.576 bits per heavy atom. The summed E-state index contributed by atoms with van der Waals surface area (Å²) in [4.78, 5) is 0. The highest BCUT2D eigenvalue weighted by Gasteiger charge is 2.07. The first kappa shape index (κ1) is 24.4. The van der Waals surface area contributed by atoms with Crippen molar-refractivity contribution in [2.75, 3.05) is 13.2 Å². The van der Waals surface area contributed by atoms with Crippen LogP contribution in [0.5, 0.6) is 11.5 Å². The van der Waals surface area contributed by atoms with Crippen molar-refractivity contribution in [2.24, 2.45) is 0 Å². The van der Waals surface area contributed by atoms with Gasteiger partial charge in [-0.15, -0.1) is 0 Å². The smallest absolute Gasteiger partial charge is 0.134 e. The van der Waals surface area contributed by atoms with E-state index in [2.05, 4.69) is 38.2 Å². The van der Waals surface area contributed by atoms with Crippen LogP contribution in [-0.4, -0.2) is 13.2 Å². The molecule has 0 N–H and O–H groups in total. The van der Waals surface area contributed by atoms with Crippen molar-refractivity contribution in [1.82, 2.24) is 0 Å². The van der Waals surface area contributed by atoms with E-state index in [1.54, 1.807) is 0 Å². The van der Waals surface area contributed by atoms with Crippen molar-refractivity contribution in [1.29, 1.82) is 0 Å². The largest absolute Gasteiger partial charge is 0.490 e. The van der Waals surface area contributed by atoms with Gasteiger partial charge >= 0.3 is 0 Å². The fourth-order valence-corrected chi connectivity index (χ4v) is 3.38. The molecule has 33 heavy (non-hydrogen) atoms. The van der Waals surface area contributed by atoms with Gasteiger partial charge in [0.15, 0.2) is 0 Å². The molecule has 3 nitrogen and oxygen atoms in total. The summed E-state index contributed by atoms with van der Waals surface area (Å²) in [6, 6.07) is 20.1. The summed E-state index contributed by atoms with van der Waals surface area (Å²) in [5, 5.41) is 0. The normalized spacial score (nSPS) is 11.5. The predicted molar refractivity (Wildman–Crippen MR) is 138 cm³/mol. The van der Waals surface area contributed by atoms with E-state index < -0.39 is 0 Å². The first-order valence-electron chi connectivity index (χ1n) is 12.2. The monoisotopic (exact) mass is 444 g/mol. The lowest BCUT2D eigenvalue weighted by Gasteiger charge is -2.05. The van der Waals surface area contributed by atoms with E-state index in [4.69, 9.17) is 13.9 Å². The molecule has 0 aliphatic carbocycles. The number of allylic oxidation sites excluding steroid dienone is 2. The fourth-order valence-electron chi connectivity index (χ4n) is 3.38. The van der Waals surface area contributed by atoms with Crippen molar-refractivity contribution in [2.45, 2.75) is 52.4 Å². The lowest BCUT2D eigenvalue weighted by molar-refractivity contribution is 0.362. The summed E-state index contributed by atoms with van der Waals surface area (Å²) in [5.41, 5.74) is 2.06. The molecule has 0 bridgehead atoms. The third-order valence-corrected chi connectivity index (χ3v) is 5.36. The second-order valence-corrected chi connectivity index (χ2v) is 8.06. The molecule has 3 heteroatoms. The minimum absolute atomic E-state index is 0.600. The van der Waals surface area contributed by atoms with Gasteiger partial charge in [0.1, 0.15) is 36.2 Å². The average Bonchev–Trinajstić information content (AvgIpc) is 3.35. The Morgan fingerprint density at radius 3 is 1.39 bits per heavy atom. The summed E-state index contributed by atoms with van der Waals surface area (Å²) in [6.07, 6.45) is 15.7. The van der Waals surface area contributed by atoms with Gasteiger partial charge in [-0.3, -0.25) is 0 Å². The molecule has 1 heterocycles. The van der Waals surface area contributed by atoms with Crippen LogP contribution in [0.4, 0.5) is 0 Å². The molecule has 3 rings (SSSR count). The molecule has 0 fully saturated rings. The van der Waals surface area contributed by atoms with Crippen LogP contribution >= 0.6 is 0 Å².